The normalized spacial score (nSPS) is 21.2. The van der Waals surface area contributed by atoms with Crippen LogP contribution >= 0.6 is 0 Å². The van der Waals surface area contributed by atoms with E-state index in [2.05, 4.69) is 24.5 Å². The molecular weight excluding hydrogens is 368 g/mol. The summed E-state index contributed by atoms with van der Waals surface area (Å²) in [4.78, 5) is 39.7. The molecule has 0 saturated carbocycles. The highest BCUT2D eigenvalue weighted by atomic mass is 16.2. The first-order valence-corrected chi connectivity index (χ1v) is 10.6. The highest BCUT2D eigenvalue weighted by molar-refractivity contribution is 5.93. The number of quaternary nitrogens is 1. The fourth-order valence-electron chi connectivity index (χ4n) is 4.09. The van der Waals surface area contributed by atoms with E-state index in [1.54, 1.807) is 24.3 Å². The quantitative estimate of drug-likeness (QED) is 0.648. The first kappa shape index (κ1) is 22.9. The molecule has 3 amide bonds. The van der Waals surface area contributed by atoms with Gasteiger partial charge in [-0.05, 0) is 71.2 Å². The smallest absolute Gasteiger partial charge is 0.281 e. The van der Waals surface area contributed by atoms with Crippen molar-refractivity contribution in [3.8, 4) is 0 Å². The van der Waals surface area contributed by atoms with Crippen molar-refractivity contribution in [2.45, 2.75) is 72.0 Å². The maximum Gasteiger partial charge on any atom is 0.281 e. The van der Waals surface area contributed by atoms with Crippen LogP contribution in [0.2, 0.25) is 0 Å². The number of hydrogen-bond donors (Lipinski definition) is 3. The predicted molar refractivity (Wildman–Crippen MR) is 115 cm³/mol. The van der Waals surface area contributed by atoms with E-state index in [0.717, 1.165) is 24.2 Å². The van der Waals surface area contributed by atoms with Gasteiger partial charge >= 0.3 is 0 Å². The Morgan fingerprint density at radius 1 is 1.07 bits per heavy atom. The van der Waals surface area contributed by atoms with E-state index in [1.165, 1.54) is 6.92 Å². The molecule has 7 nitrogen and oxygen atoms in total. The van der Waals surface area contributed by atoms with Gasteiger partial charge in [0.05, 0.1) is 6.54 Å². The molecule has 0 aromatic heterocycles. The molecule has 7 heteroatoms. The molecule has 0 bridgehead atoms. The standard InChI is InChI=1S/C22H34N4O3/c1-6-25(17(4)22(29)26-15(2)8-7-9-16(26)3)14-21(28)24-20-12-10-19(11-13-20)23-18(5)27/h10-13,15-17H,6-9,14H2,1-5H3,(H,23,27)(H,24,28)/p+1/t15-,16+,17-/m1/s1. The summed E-state index contributed by atoms with van der Waals surface area (Å²) in [6, 6.07) is 7.22. The van der Waals surface area contributed by atoms with Gasteiger partial charge in [0.1, 0.15) is 0 Å². The zero-order valence-electron chi connectivity index (χ0n) is 18.2. The Balaban J connectivity index is 1.96. The number of nitrogens with one attached hydrogen (secondary N) is 3. The predicted octanol–water partition coefficient (Wildman–Crippen LogP) is 1.67. The summed E-state index contributed by atoms with van der Waals surface area (Å²) < 4.78 is 0. The minimum absolute atomic E-state index is 0.131. The number of nitrogens with zero attached hydrogens (tertiary/aromatic N) is 1. The number of likely N-dealkylation sites (N-methyl/N-ethyl adjacent to an activating group) is 1. The van der Waals surface area contributed by atoms with E-state index in [0.29, 0.717) is 17.9 Å². The van der Waals surface area contributed by atoms with Crippen LogP contribution in [0.3, 0.4) is 0 Å². The lowest BCUT2D eigenvalue weighted by Gasteiger charge is -2.41. The summed E-state index contributed by atoms with van der Waals surface area (Å²) in [5, 5.41) is 5.58. The number of amides is 3. The lowest BCUT2D eigenvalue weighted by atomic mass is 9.96. The van der Waals surface area contributed by atoms with E-state index < -0.39 is 0 Å². The maximum atomic E-state index is 13.1. The molecule has 160 valence electrons. The van der Waals surface area contributed by atoms with Crippen molar-refractivity contribution in [2.75, 3.05) is 23.7 Å². The highest BCUT2D eigenvalue weighted by Gasteiger charge is 2.36. The van der Waals surface area contributed by atoms with Gasteiger partial charge in [0.25, 0.3) is 11.8 Å². The summed E-state index contributed by atoms with van der Waals surface area (Å²) in [6.45, 7) is 10.5. The molecule has 3 N–H and O–H groups in total. The van der Waals surface area contributed by atoms with Gasteiger partial charge in [0.15, 0.2) is 12.6 Å². The minimum atomic E-state index is -0.268. The molecule has 0 radical (unpaired) electrons. The molecule has 1 aliphatic heterocycles. The van der Waals surface area contributed by atoms with Crippen LogP contribution in [-0.2, 0) is 14.4 Å². The molecule has 29 heavy (non-hydrogen) atoms. The van der Waals surface area contributed by atoms with Crippen LogP contribution in [0.1, 0.15) is 53.9 Å². The van der Waals surface area contributed by atoms with Crippen LogP contribution in [0.25, 0.3) is 0 Å². The fourth-order valence-corrected chi connectivity index (χ4v) is 4.09. The van der Waals surface area contributed by atoms with Crippen LogP contribution in [0.4, 0.5) is 11.4 Å². The molecule has 2 rings (SSSR count). The molecule has 0 aliphatic carbocycles. The third-order valence-corrected chi connectivity index (χ3v) is 5.76. The molecule has 1 fully saturated rings. The number of rotatable bonds is 7. The maximum absolute atomic E-state index is 13.1. The molecule has 1 aromatic rings. The number of likely N-dealkylation sites (tertiary alicyclic amines) is 1. The first-order chi connectivity index (χ1) is 13.7. The molecule has 1 unspecified atom stereocenters. The first-order valence-electron chi connectivity index (χ1n) is 10.6. The summed E-state index contributed by atoms with van der Waals surface area (Å²) in [7, 11) is 0. The van der Waals surface area contributed by atoms with Crippen LogP contribution in [-0.4, -0.2) is 53.8 Å². The van der Waals surface area contributed by atoms with E-state index in [-0.39, 0.29) is 42.4 Å². The highest BCUT2D eigenvalue weighted by Crippen LogP contribution is 2.22. The van der Waals surface area contributed by atoms with Crippen LogP contribution in [0, 0.1) is 0 Å². The number of hydrogen-bond acceptors (Lipinski definition) is 3. The molecular formula is C22H35N4O3+. The second-order valence-electron chi connectivity index (χ2n) is 8.09. The molecule has 0 spiro atoms. The Hall–Kier alpha value is -2.41. The number of benzene rings is 1. The topological polar surface area (TPSA) is 83.0 Å². The van der Waals surface area contributed by atoms with Crippen molar-refractivity contribution in [1.82, 2.24) is 4.90 Å². The number of carbonyl (C=O) groups excluding carboxylic acids is 3. The number of carbonyl (C=O) groups is 3. The average Bonchev–Trinajstić information content (AvgIpc) is 2.66. The Kier molecular flexibility index (Phi) is 8.20. The summed E-state index contributed by atoms with van der Waals surface area (Å²) >= 11 is 0. The van der Waals surface area contributed by atoms with Gasteiger partial charge in [0.2, 0.25) is 5.91 Å². The number of piperidine rings is 1. The summed E-state index contributed by atoms with van der Waals surface area (Å²) in [5.41, 5.74) is 1.34. The number of anilines is 2. The van der Waals surface area contributed by atoms with E-state index in [9.17, 15) is 14.4 Å². The van der Waals surface area contributed by atoms with Crippen LogP contribution < -0.4 is 15.5 Å². The second kappa shape index (κ2) is 10.4. The van der Waals surface area contributed by atoms with Gasteiger partial charge in [-0.1, -0.05) is 0 Å². The minimum Gasteiger partial charge on any atom is -0.332 e. The van der Waals surface area contributed by atoms with Gasteiger partial charge in [-0.25, -0.2) is 0 Å². The second-order valence-corrected chi connectivity index (χ2v) is 8.09. The lowest BCUT2D eigenvalue weighted by Crippen LogP contribution is -3.17. The average molecular weight is 404 g/mol. The van der Waals surface area contributed by atoms with Gasteiger partial charge in [-0.2, -0.15) is 0 Å². The van der Waals surface area contributed by atoms with Crippen molar-refractivity contribution >= 4 is 29.1 Å². The molecule has 1 heterocycles. The summed E-state index contributed by atoms with van der Waals surface area (Å²) in [5.74, 6) is -0.137. The summed E-state index contributed by atoms with van der Waals surface area (Å²) in [6.07, 6.45) is 3.24. The van der Waals surface area contributed by atoms with Crippen molar-refractivity contribution < 1.29 is 19.3 Å². The zero-order valence-corrected chi connectivity index (χ0v) is 18.2. The Morgan fingerprint density at radius 2 is 1.59 bits per heavy atom. The van der Waals surface area contributed by atoms with Crippen molar-refractivity contribution in [1.29, 1.82) is 0 Å². The molecule has 4 atom stereocenters. The van der Waals surface area contributed by atoms with Gasteiger partial charge in [0, 0.05) is 30.4 Å². The third-order valence-electron chi connectivity index (χ3n) is 5.76. The van der Waals surface area contributed by atoms with E-state index in [1.807, 2.05) is 18.7 Å². The van der Waals surface area contributed by atoms with Crippen molar-refractivity contribution in [3.05, 3.63) is 24.3 Å². The SMILES string of the molecule is CC[NH+](CC(=O)Nc1ccc(NC(C)=O)cc1)[C@H](C)C(=O)N1[C@H](C)CCC[C@@H]1C. The van der Waals surface area contributed by atoms with Crippen molar-refractivity contribution in [2.24, 2.45) is 0 Å². The molecule has 1 aliphatic rings. The largest absolute Gasteiger partial charge is 0.332 e. The molecule has 1 aromatic carbocycles. The van der Waals surface area contributed by atoms with Gasteiger partial charge in [-0.15, -0.1) is 0 Å². The van der Waals surface area contributed by atoms with Gasteiger partial charge in [-0.3, -0.25) is 14.4 Å². The van der Waals surface area contributed by atoms with Crippen molar-refractivity contribution in [3.63, 3.8) is 0 Å². The van der Waals surface area contributed by atoms with E-state index in [4.69, 9.17) is 0 Å². The zero-order chi connectivity index (χ0) is 21.6. The van der Waals surface area contributed by atoms with E-state index >= 15 is 0 Å². The van der Waals surface area contributed by atoms with Gasteiger partial charge < -0.3 is 20.4 Å². The monoisotopic (exact) mass is 403 g/mol. The Labute approximate surface area is 173 Å². The molecule has 1 saturated heterocycles. The Morgan fingerprint density at radius 3 is 2.07 bits per heavy atom. The van der Waals surface area contributed by atoms with Crippen LogP contribution in [0.15, 0.2) is 24.3 Å². The lowest BCUT2D eigenvalue weighted by molar-refractivity contribution is -0.904. The third kappa shape index (κ3) is 6.29. The Bertz CT molecular complexity index is 709. The van der Waals surface area contributed by atoms with Crippen LogP contribution in [0.5, 0.6) is 0 Å². The fraction of sp³-hybridized carbons (Fsp3) is 0.591.